The van der Waals surface area contributed by atoms with Gasteiger partial charge in [-0.25, -0.2) is 0 Å². The number of para-hydroxylation sites is 1. The number of pyridine rings is 1. The van der Waals surface area contributed by atoms with Gasteiger partial charge in [0.15, 0.2) is 0 Å². The lowest BCUT2D eigenvalue weighted by Crippen LogP contribution is -2.52. The monoisotopic (exact) mass is 404 g/mol. The van der Waals surface area contributed by atoms with Crippen molar-refractivity contribution in [3.05, 3.63) is 82.1 Å². The number of carbonyl (C=O) groups is 2. The molecule has 0 spiro atoms. The van der Waals surface area contributed by atoms with Gasteiger partial charge in [0.25, 0.3) is 5.91 Å². The Morgan fingerprint density at radius 3 is 2.60 bits per heavy atom. The Labute approximate surface area is 174 Å². The second-order valence-electron chi connectivity index (χ2n) is 7.54. The molecule has 1 aromatic heterocycles. The summed E-state index contributed by atoms with van der Waals surface area (Å²) in [5.41, 5.74) is 1.38. The number of aromatic amines is 1. The van der Waals surface area contributed by atoms with Gasteiger partial charge in [0.1, 0.15) is 5.56 Å². The molecule has 2 heterocycles. The number of hydrogen-bond donors (Lipinski definition) is 2. The smallest absolute Gasteiger partial charge is 0.257 e. The first-order valence-corrected chi connectivity index (χ1v) is 9.96. The van der Waals surface area contributed by atoms with E-state index in [4.69, 9.17) is 0 Å². The lowest BCUT2D eigenvalue weighted by molar-refractivity contribution is -0.135. The maximum atomic E-state index is 12.9. The maximum absolute atomic E-state index is 12.9. The third-order valence-electron chi connectivity index (χ3n) is 5.52. The van der Waals surface area contributed by atoms with Crippen molar-refractivity contribution in [3.63, 3.8) is 0 Å². The number of piperazine rings is 1. The number of benzene rings is 2. The highest BCUT2D eigenvalue weighted by atomic mass is 16.2. The normalized spacial score (nSPS) is 17.1. The first-order chi connectivity index (χ1) is 14.5. The van der Waals surface area contributed by atoms with Crippen molar-refractivity contribution in [2.75, 3.05) is 33.2 Å². The number of hydrogen-bond acceptors (Lipinski definition) is 4. The van der Waals surface area contributed by atoms with Crippen molar-refractivity contribution in [1.82, 2.24) is 20.1 Å². The number of H-pyrrole nitrogens is 1. The summed E-state index contributed by atoms with van der Waals surface area (Å²) in [6.07, 6.45) is 1.40. The van der Waals surface area contributed by atoms with Crippen LogP contribution in [0.4, 0.5) is 0 Å². The Bertz CT molecular complexity index is 1130. The Hall–Kier alpha value is -3.45. The minimum Gasteiger partial charge on any atom is -0.360 e. The van der Waals surface area contributed by atoms with Crippen molar-refractivity contribution in [1.29, 1.82) is 0 Å². The molecule has 1 aliphatic rings. The van der Waals surface area contributed by atoms with Crippen LogP contribution in [-0.2, 0) is 4.79 Å². The average molecular weight is 404 g/mol. The zero-order valence-electron chi connectivity index (χ0n) is 16.8. The first kappa shape index (κ1) is 19.8. The van der Waals surface area contributed by atoms with Crippen LogP contribution in [0.2, 0.25) is 0 Å². The molecule has 7 heteroatoms. The van der Waals surface area contributed by atoms with Gasteiger partial charge in [0.2, 0.25) is 11.3 Å². The molecule has 1 aliphatic heterocycles. The quantitative estimate of drug-likeness (QED) is 0.694. The van der Waals surface area contributed by atoms with Crippen LogP contribution in [0, 0.1) is 0 Å². The molecule has 154 valence electrons. The maximum Gasteiger partial charge on any atom is 0.257 e. The Balaban J connectivity index is 1.48. The summed E-state index contributed by atoms with van der Waals surface area (Å²) in [5, 5.41) is 3.07. The molecule has 1 saturated heterocycles. The van der Waals surface area contributed by atoms with Gasteiger partial charge in [0, 0.05) is 36.7 Å². The van der Waals surface area contributed by atoms with E-state index in [-0.39, 0.29) is 29.5 Å². The molecule has 30 heavy (non-hydrogen) atoms. The minimum absolute atomic E-state index is 0.000475. The van der Waals surface area contributed by atoms with Crippen molar-refractivity contribution in [2.45, 2.75) is 6.04 Å². The van der Waals surface area contributed by atoms with Gasteiger partial charge in [-0.15, -0.1) is 0 Å². The molecule has 0 bridgehead atoms. The zero-order valence-corrected chi connectivity index (χ0v) is 16.8. The molecule has 0 saturated carbocycles. The van der Waals surface area contributed by atoms with E-state index < -0.39 is 5.91 Å². The van der Waals surface area contributed by atoms with Crippen LogP contribution in [0.1, 0.15) is 22.0 Å². The predicted octanol–water partition coefficient (Wildman–Crippen LogP) is 1.77. The number of fused-ring (bicyclic) bond motifs is 1. The fourth-order valence-electron chi connectivity index (χ4n) is 3.87. The summed E-state index contributed by atoms with van der Waals surface area (Å²) in [6, 6.07) is 16.8. The number of rotatable bonds is 4. The highest BCUT2D eigenvalue weighted by molar-refractivity contribution is 5.98. The molecular formula is C23H24N4O3. The van der Waals surface area contributed by atoms with Crippen LogP contribution >= 0.6 is 0 Å². The molecular weight excluding hydrogens is 380 g/mol. The van der Waals surface area contributed by atoms with Crippen LogP contribution in [-0.4, -0.2) is 59.8 Å². The van der Waals surface area contributed by atoms with Gasteiger partial charge < -0.3 is 20.1 Å². The molecule has 0 aliphatic carbocycles. The Morgan fingerprint density at radius 1 is 1.07 bits per heavy atom. The number of nitrogens with one attached hydrogen (secondary N) is 2. The van der Waals surface area contributed by atoms with E-state index >= 15 is 0 Å². The topological polar surface area (TPSA) is 85.5 Å². The summed E-state index contributed by atoms with van der Waals surface area (Å²) >= 11 is 0. The third kappa shape index (κ3) is 3.97. The van der Waals surface area contributed by atoms with Crippen LogP contribution in [0.3, 0.4) is 0 Å². The van der Waals surface area contributed by atoms with Crippen LogP contribution < -0.4 is 10.7 Å². The standard InChI is InChI=1S/C23H24N4O3/c1-26-11-12-27(20(15-26)16-7-3-2-4-8-16)21(28)14-25-23(30)18-13-24-19-10-6-5-9-17(19)22(18)29/h2-10,13,20H,11-12,14-15H2,1H3,(H,24,29)(H,25,30)/t20-/m1/s1. The number of aromatic nitrogens is 1. The zero-order chi connectivity index (χ0) is 21.1. The highest BCUT2D eigenvalue weighted by Crippen LogP contribution is 2.24. The molecule has 2 N–H and O–H groups in total. The summed E-state index contributed by atoms with van der Waals surface area (Å²) in [6.45, 7) is 1.93. The molecule has 1 fully saturated rings. The number of likely N-dealkylation sites (N-methyl/N-ethyl adjacent to an activating group) is 1. The lowest BCUT2D eigenvalue weighted by atomic mass is 10.0. The summed E-state index contributed by atoms with van der Waals surface area (Å²) in [4.78, 5) is 45.1. The van der Waals surface area contributed by atoms with E-state index in [0.717, 1.165) is 18.7 Å². The van der Waals surface area contributed by atoms with E-state index in [1.165, 1.54) is 6.20 Å². The van der Waals surface area contributed by atoms with Gasteiger partial charge >= 0.3 is 0 Å². The number of nitrogens with zero attached hydrogens (tertiary/aromatic N) is 2. The fourth-order valence-corrected chi connectivity index (χ4v) is 3.87. The van der Waals surface area contributed by atoms with Crippen molar-refractivity contribution >= 4 is 22.7 Å². The molecule has 7 nitrogen and oxygen atoms in total. The SMILES string of the molecule is CN1CCN(C(=O)CNC(=O)c2c[nH]c3ccccc3c2=O)[C@@H](c2ccccc2)C1. The van der Waals surface area contributed by atoms with E-state index in [9.17, 15) is 14.4 Å². The third-order valence-corrected chi connectivity index (χ3v) is 5.52. The van der Waals surface area contributed by atoms with Crippen molar-refractivity contribution < 1.29 is 9.59 Å². The van der Waals surface area contributed by atoms with Gasteiger partial charge in [0.05, 0.1) is 12.6 Å². The van der Waals surface area contributed by atoms with E-state index in [2.05, 4.69) is 15.2 Å². The largest absolute Gasteiger partial charge is 0.360 e. The lowest BCUT2D eigenvalue weighted by Gasteiger charge is -2.40. The van der Waals surface area contributed by atoms with Gasteiger partial charge in [-0.05, 0) is 24.7 Å². The Morgan fingerprint density at radius 2 is 1.80 bits per heavy atom. The summed E-state index contributed by atoms with van der Waals surface area (Å²) in [7, 11) is 2.03. The first-order valence-electron chi connectivity index (χ1n) is 9.96. The molecule has 3 aromatic rings. The highest BCUT2D eigenvalue weighted by Gasteiger charge is 2.30. The van der Waals surface area contributed by atoms with Gasteiger partial charge in [-0.1, -0.05) is 42.5 Å². The van der Waals surface area contributed by atoms with Crippen LogP contribution in [0.15, 0.2) is 65.6 Å². The molecule has 0 radical (unpaired) electrons. The number of carbonyl (C=O) groups excluding carboxylic acids is 2. The molecule has 0 unspecified atom stereocenters. The van der Waals surface area contributed by atoms with Gasteiger partial charge in [-0.3, -0.25) is 14.4 Å². The van der Waals surface area contributed by atoms with Crippen molar-refractivity contribution in [2.24, 2.45) is 0 Å². The fraction of sp³-hybridized carbons (Fsp3) is 0.261. The van der Waals surface area contributed by atoms with Crippen LogP contribution in [0.5, 0.6) is 0 Å². The summed E-state index contributed by atoms with van der Waals surface area (Å²) in [5.74, 6) is -0.719. The number of amides is 2. The van der Waals surface area contributed by atoms with Gasteiger partial charge in [-0.2, -0.15) is 0 Å². The minimum atomic E-state index is -0.555. The van der Waals surface area contributed by atoms with Crippen molar-refractivity contribution in [3.8, 4) is 0 Å². The van der Waals surface area contributed by atoms with E-state index in [0.29, 0.717) is 17.4 Å². The van der Waals surface area contributed by atoms with Crippen LogP contribution in [0.25, 0.3) is 10.9 Å². The Kier molecular flexibility index (Phi) is 5.63. The molecule has 2 amide bonds. The van der Waals surface area contributed by atoms with E-state index in [1.54, 1.807) is 23.1 Å². The summed E-state index contributed by atoms with van der Waals surface area (Å²) < 4.78 is 0. The molecule has 1 atom stereocenters. The average Bonchev–Trinajstić information content (AvgIpc) is 2.78. The second-order valence-corrected chi connectivity index (χ2v) is 7.54. The molecule has 2 aromatic carbocycles. The predicted molar refractivity (Wildman–Crippen MR) is 115 cm³/mol. The molecule has 4 rings (SSSR count). The second kappa shape index (κ2) is 8.51. The van der Waals surface area contributed by atoms with E-state index in [1.807, 2.05) is 43.4 Å².